The molecule has 5 rings (SSSR count). The average Bonchev–Trinajstić information content (AvgIpc) is 2.84. The SMILES string of the molecule is C[Si](C)(C)C(c1cc(C([Si](C)(C)C)[Si](C)(C)C)[c]([Ge]23[CH]=CC(C=[CH]2)C(c2ccccc2)[CH2]3)c(C([Si](C)(C)C)[Si](C)(C)C)c1)[Si](C)(C)C. The third-order valence-electron chi connectivity index (χ3n) is 11.3. The minimum absolute atomic E-state index is 0.550. The molecule has 0 saturated carbocycles. The summed E-state index contributed by atoms with van der Waals surface area (Å²) in [5.41, 5.74) is 7.12. The van der Waals surface area contributed by atoms with Crippen LogP contribution in [0.25, 0.3) is 0 Å². The minimum atomic E-state index is -2.88. The third-order valence-corrected chi connectivity index (χ3v) is 48.0. The van der Waals surface area contributed by atoms with Crippen LogP contribution in [0.2, 0.25) is 123 Å². The van der Waals surface area contributed by atoms with Crippen LogP contribution in [0, 0.1) is 5.92 Å². The van der Waals surface area contributed by atoms with E-state index >= 15 is 0 Å². The van der Waals surface area contributed by atoms with Gasteiger partial charge in [-0.05, 0) is 0 Å². The summed E-state index contributed by atoms with van der Waals surface area (Å²) in [5, 5.41) is 3.67. The van der Waals surface area contributed by atoms with Crippen molar-refractivity contribution in [2.24, 2.45) is 5.92 Å². The Balaban J connectivity index is 2.26. The zero-order chi connectivity index (χ0) is 35.8. The van der Waals surface area contributed by atoms with Crippen LogP contribution in [-0.4, -0.2) is 61.7 Å². The number of fused-ring (bicyclic) bond motifs is 1. The van der Waals surface area contributed by atoms with Gasteiger partial charge in [-0.2, -0.15) is 0 Å². The predicted molar refractivity (Wildman–Crippen MR) is 236 cm³/mol. The molecule has 0 radical (unpaired) electrons. The molecular weight excluding hydrogens is 722 g/mol. The van der Waals surface area contributed by atoms with Gasteiger partial charge in [0.25, 0.3) is 0 Å². The van der Waals surface area contributed by atoms with Crippen LogP contribution in [0.1, 0.15) is 43.7 Å². The second-order valence-corrected chi connectivity index (χ2v) is 63.4. The summed E-state index contributed by atoms with van der Waals surface area (Å²) in [6.07, 6.45) is 5.40. The molecule has 0 fully saturated rings. The fraction of sp³-hybridized carbons (Fsp3) is 0.600. The van der Waals surface area contributed by atoms with Gasteiger partial charge in [-0.15, -0.1) is 0 Å². The Morgan fingerprint density at radius 3 is 1.21 bits per heavy atom. The van der Waals surface area contributed by atoms with Gasteiger partial charge in [0.15, 0.2) is 0 Å². The van der Waals surface area contributed by atoms with Gasteiger partial charge < -0.3 is 0 Å². The Bertz CT molecular complexity index is 1370. The van der Waals surface area contributed by atoms with Crippen LogP contribution in [0.3, 0.4) is 0 Å². The van der Waals surface area contributed by atoms with Gasteiger partial charge in [-0.1, -0.05) is 0 Å². The maximum atomic E-state index is 2.95. The second kappa shape index (κ2) is 13.1. The van der Waals surface area contributed by atoms with E-state index in [1.165, 1.54) is 5.25 Å². The number of benzene rings is 2. The van der Waals surface area contributed by atoms with Crippen molar-refractivity contribution < 1.29 is 0 Å². The summed E-state index contributed by atoms with van der Waals surface area (Å²) in [6, 6.07) is 17.5. The predicted octanol–water partition coefficient (Wildman–Crippen LogP) is 12.5. The van der Waals surface area contributed by atoms with E-state index in [0.717, 1.165) is 15.5 Å². The molecule has 1 unspecified atom stereocenters. The Labute approximate surface area is 301 Å². The zero-order valence-corrected chi connectivity index (χ0v) is 42.0. The Hall–Kier alpha value is -0.236. The molecule has 2 aromatic carbocycles. The molecule has 1 atom stereocenters. The molecule has 0 amide bonds. The molecular formula is C40H72GeSi6. The number of allylic oxidation sites excluding steroid dienone is 2. The molecule has 0 N–H and O–H groups in total. The topological polar surface area (TPSA) is 0 Å². The first-order chi connectivity index (χ1) is 21.1. The van der Waals surface area contributed by atoms with Gasteiger partial charge in [0.05, 0.1) is 0 Å². The Kier molecular flexibility index (Phi) is 11.0. The van der Waals surface area contributed by atoms with Crippen molar-refractivity contribution in [1.29, 1.82) is 0 Å². The van der Waals surface area contributed by atoms with Gasteiger partial charge in [-0.25, -0.2) is 0 Å². The summed E-state index contributed by atoms with van der Waals surface area (Å²) in [7, 11) is -9.32. The number of hydrogen-bond acceptors (Lipinski definition) is 0. The van der Waals surface area contributed by atoms with Gasteiger partial charge in [0, 0.05) is 0 Å². The first-order valence-electron chi connectivity index (χ1n) is 18.7. The van der Waals surface area contributed by atoms with Crippen molar-refractivity contribution in [2.75, 3.05) is 0 Å². The van der Waals surface area contributed by atoms with Crippen LogP contribution in [0.4, 0.5) is 0 Å². The molecule has 47 heavy (non-hydrogen) atoms. The maximum absolute atomic E-state index is 2.95. The molecule has 260 valence electrons. The fourth-order valence-electron chi connectivity index (χ4n) is 11.5. The van der Waals surface area contributed by atoms with E-state index in [1.54, 1.807) is 11.1 Å². The first-order valence-corrected chi connectivity index (χ1v) is 45.1. The van der Waals surface area contributed by atoms with E-state index in [4.69, 9.17) is 0 Å². The number of rotatable bonds is 11. The van der Waals surface area contributed by atoms with E-state index in [1.807, 2.05) is 15.5 Å². The van der Waals surface area contributed by atoms with E-state index in [0.29, 0.717) is 11.8 Å². The van der Waals surface area contributed by atoms with Crippen LogP contribution < -0.4 is 4.40 Å². The average molecular weight is 794 g/mol. The first kappa shape index (κ1) is 39.5. The van der Waals surface area contributed by atoms with E-state index in [2.05, 4.69) is 182 Å². The van der Waals surface area contributed by atoms with Crippen molar-refractivity contribution in [3.63, 3.8) is 0 Å². The van der Waals surface area contributed by atoms with E-state index in [-0.39, 0.29) is 0 Å². The molecule has 3 aliphatic rings. The summed E-state index contributed by atoms with van der Waals surface area (Å²) < 4.78 is 1.97. The molecule has 0 aliphatic carbocycles. The molecule has 7 heteroatoms. The quantitative estimate of drug-likeness (QED) is 0.199. The normalized spacial score (nSPS) is 22.7. The molecule has 0 nitrogen and oxygen atoms in total. The summed E-state index contributed by atoms with van der Waals surface area (Å²) in [4.78, 5) is 5.80. The van der Waals surface area contributed by atoms with Crippen LogP contribution >= 0.6 is 0 Å². The van der Waals surface area contributed by atoms with Crippen LogP contribution in [0.5, 0.6) is 0 Å². The monoisotopic (exact) mass is 794 g/mol. The van der Waals surface area contributed by atoms with Crippen molar-refractivity contribution in [3.8, 4) is 0 Å². The van der Waals surface area contributed by atoms with Crippen molar-refractivity contribution in [3.05, 3.63) is 86.7 Å². The van der Waals surface area contributed by atoms with Gasteiger partial charge in [-0.3, -0.25) is 0 Å². The molecule has 2 bridgehead atoms. The van der Waals surface area contributed by atoms with E-state index in [9.17, 15) is 0 Å². The van der Waals surface area contributed by atoms with Crippen molar-refractivity contribution in [1.82, 2.24) is 0 Å². The summed E-state index contributed by atoms with van der Waals surface area (Å²) in [6.45, 7) is 48.7. The molecule has 3 aliphatic heterocycles. The molecule has 0 saturated heterocycles. The van der Waals surface area contributed by atoms with Crippen molar-refractivity contribution >= 4 is 66.1 Å². The fourth-order valence-corrected chi connectivity index (χ4v) is 61.0. The van der Waals surface area contributed by atoms with E-state index < -0.39 is 61.7 Å². The standard InChI is InChI=1S/C40H72GeSi6/c1-42(2,3)38(43(4,5)6)33-28-34(39(44(7,8)9)45(10,11)12)37(35(29-33)40(46(13,14)15)47(16,17)18)41-26-24-32(25-27-41)36(30-41)31-22-20-19-21-23-31/h19-29,32,36,38-40H,30H2,1-18H3. The Morgan fingerprint density at radius 1 is 0.511 bits per heavy atom. The van der Waals surface area contributed by atoms with Crippen molar-refractivity contribution in [2.45, 2.75) is 145 Å². The van der Waals surface area contributed by atoms with Gasteiger partial charge in [0.2, 0.25) is 0 Å². The molecule has 0 spiro atoms. The van der Waals surface area contributed by atoms with Gasteiger partial charge in [0.1, 0.15) is 0 Å². The Morgan fingerprint density at radius 2 is 0.872 bits per heavy atom. The second-order valence-electron chi connectivity index (χ2n) is 22.1. The molecule has 0 aromatic heterocycles. The molecule has 3 heterocycles. The summed E-state index contributed by atoms with van der Waals surface area (Å²) in [5.74, 6) is 1.17. The number of hydrogen-bond donors (Lipinski definition) is 0. The summed E-state index contributed by atoms with van der Waals surface area (Å²) >= 11 is -2.88. The van der Waals surface area contributed by atoms with Crippen LogP contribution in [0.15, 0.2) is 64.4 Å². The zero-order valence-electron chi connectivity index (χ0n) is 33.9. The molecule has 2 aromatic rings. The van der Waals surface area contributed by atoms with Gasteiger partial charge >= 0.3 is 303 Å². The van der Waals surface area contributed by atoms with Crippen LogP contribution in [-0.2, 0) is 0 Å². The third kappa shape index (κ3) is 8.30.